The van der Waals surface area contributed by atoms with Crippen molar-refractivity contribution in [2.45, 2.75) is 88.7 Å². The number of hydrogen-bond donors (Lipinski definition) is 1. The highest BCUT2D eigenvalue weighted by Crippen LogP contribution is 2.68. The monoisotopic (exact) mass is 474 g/mol. The Bertz CT molecular complexity index is 884. The molecule has 1 heterocycles. The van der Waals surface area contributed by atoms with E-state index >= 15 is 0 Å². The molecule has 0 radical (unpaired) electrons. The number of Topliss-reactive ketones (excluding diaryl/α,β-unsaturated/α-hetero) is 1. The molecule has 0 spiro atoms. The van der Waals surface area contributed by atoms with E-state index in [1.165, 1.54) is 25.7 Å². The van der Waals surface area contributed by atoms with Crippen LogP contribution < -0.4 is 0 Å². The SMILES string of the molecule is COC[C@]12CC[C@@](C)(O)C[C@H]1CC[C@H]1[C@@H]3CC[C@H](C(=O)Cn4cc(SC)cn4)[C@@]3(C)CC[C@@H]12. The Morgan fingerprint density at radius 3 is 2.73 bits per heavy atom. The van der Waals surface area contributed by atoms with E-state index < -0.39 is 5.60 Å². The van der Waals surface area contributed by atoms with Gasteiger partial charge in [-0.1, -0.05) is 6.92 Å². The zero-order chi connectivity index (χ0) is 23.4. The maximum atomic E-state index is 13.5. The second kappa shape index (κ2) is 8.67. The molecule has 1 aromatic rings. The summed E-state index contributed by atoms with van der Waals surface area (Å²) < 4.78 is 7.72. The van der Waals surface area contributed by atoms with E-state index in [0.717, 1.165) is 43.6 Å². The van der Waals surface area contributed by atoms with E-state index in [0.29, 0.717) is 36.0 Å². The number of nitrogens with zero attached hydrogens (tertiary/aromatic N) is 2. The van der Waals surface area contributed by atoms with Crippen molar-refractivity contribution in [1.29, 1.82) is 0 Å². The second-order valence-corrected chi connectivity index (χ2v) is 13.1. The molecule has 4 aliphatic carbocycles. The van der Waals surface area contributed by atoms with Gasteiger partial charge in [0, 0.05) is 24.1 Å². The summed E-state index contributed by atoms with van der Waals surface area (Å²) in [6.07, 6.45) is 15.9. The Morgan fingerprint density at radius 2 is 2.00 bits per heavy atom. The Kier molecular flexibility index (Phi) is 6.27. The van der Waals surface area contributed by atoms with Gasteiger partial charge >= 0.3 is 0 Å². The van der Waals surface area contributed by atoms with Crippen molar-refractivity contribution in [1.82, 2.24) is 9.78 Å². The minimum Gasteiger partial charge on any atom is -0.390 e. The fourth-order valence-electron chi connectivity index (χ4n) is 9.12. The molecule has 4 fully saturated rings. The first-order chi connectivity index (χ1) is 15.7. The van der Waals surface area contributed by atoms with Gasteiger partial charge in [-0.2, -0.15) is 5.10 Å². The van der Waals surface area contributed by atoms with Gasteiger partial charge in [0.2, 0.25) is 0 Å². The maximum absolute atomic E-state index is 13.5. The van der Waals surface area contributed by atoms with Crippen LogP contribution in [0.3, 0.4) is 0 Å². The van der Waals surface area contributed by atoms with E-state index in [1.807, 2.05) is 37.4 Å². The van der Waals surface area contributed by atoms with Crippen LogP contribution in [-0.2, 0) is 16.1 Å². The summed E-state index contributed by atoms with van der Waals surface area (Å²) in [4.78, 5) is 14.6. The largest absolute Gasteiger partial charge is 0.390 e. The van der Waals surface area contributed by atoms with Crippen LogP contribution in [0, 0.1) is 40.4 Å². The Morgan fingerprint density at radius 1 is 1.18 bits per heavy atom. The minimum absolute atomic E-state index is 0.120. The first-order valence-electron chi connectivity index (χ1n) is 13.0. The van der Waals surface area contributed by atoms with E-state index in [4.69, 9.17) is 4.74 Å². The number of rotatable bonds is 6. The van der Waals surface area contributed by atoms with Crippen molar-refractivity contribution < 1.29 is 14.6 Å². The summed E-state index contributed by atoms with van der Waals surface area (Å²) in [5.41, 5.74) is -0.187. The summed E-state index contributed by atoms with van der Waals surface area (Å²) >= 11 is 1.67. The summed E-state index contributed by atoms with van der Waals surface area (Å²) in [5.74, 6) is 3.12. The summed E-state index contributed by atoms with van der Waals surface area (Å²) in [7, 11) is 1.86. The highest BCUT2D eigenvalue weighted by Gasteiger charge is 2.63. The third kappa shape index (κ3) is 3.92. The highest BCUT2D eigenvalue weighted by molar-refractivity contribution is 7.98. The van der Waals surface area contributed by atoms with Crippen LogP contribution in [0.1, 0.15) is 71.6 Å². The molecular formula is C27H42N2O3S. The fourth-order valence-corrected chi connectivity index (χ4v) is 9.50. The molecule has 5 nitrogen and oxygen atoms in total. The van der Waals surface area contributed by atoms with E-state index in [9.17, 15) is 9.90 Å². The second-order valence-electron chi connectivity index (χ2n) is 12.2. The Labute approximate surface area is 203 Å². The molecule has 8 atom stereocenters. The Balaban J connectivity index is 1.36. The van der Waals surface area contributed by atoms with Gasteiger partial charge in [0.05, 0.1) is 24.9 Å². The van der Waals surface area contributed by atoms with Gasteiger partial charge in [-0.3, -0.25) is 9.48 Å². The van der Waals surface area contributed by atoms with Crippen molar-refractivity contribution >= 4 is 17.5 Å². The molecule has 33 heavy (non-hydrogen) atoms. The summed E-state index contributed by atoms with van der Waals surface area (Å²) in [5, 5.41) is 15.2. The molecule has 0 bridgehead atoms. The molecule has 4 aliphatic rings. The lowest BCUT2D eigenvalue weighted by Crippen LogP contribution is -2.58. The van der Waals surface area contributed by atoms with Gasteiger partial charge in [0.1, 0.15) is 0 Å². The smallest absolute Gasteiger partial charge is 0.157 e. The molecule has 0 unspecified atom stereocenters. The first kappa shape index (κ1) is 23.9. The third-order valence-electron chi connectivity index (χ3n) is 10.6. The standard InChI is InChI=1S/C27H42N2O3S/c1-25(31)11-12-27(17-32-3)18(13-25)5-6-20-21-7-8-23(26(21,2)10-9-22(20)27)24(30)16-29-15-19(33-4)14-28-29/h14-15,18,20-23,31H,5-13,16-17H2,1-4H3/t18-,20+,21+,22+,23-,25-,26+,27-/m1/s1. The van der Waals surface area contributed by atoms with Crippen LogP contribution in [0.2, 0.25) is 0 Å². The van der Waals surface area contributed by atoms with Gasteiger partial charge < -0.3 is 9.84 Å². The zero-order valence-electron chi connectivity index (χ0n) is 20.9. The van der Waals surface area contributed by atoms with E-state index in [1.54, 1.807) is 11.8 Å². The molecule has 5 rings (SSSR count). The molecule has 6 heteroatoms. The van der Waals surface area contributed by atoms with Crippen molar-refractivity contribution in [2.24, 2.45) is 40.4 Å². The van der Waals surface area contributed by atoms with Crippen LogP contribution in [0.5, 0.6) is 0 Å². The number of aromatic nitrogens is 2. The lowest BCUT2D eigenvalue weighted by molar-refractivity contribution is -0.175. The molecule has 0 aromatic carbocycles. The summed E-state index contributed by atoms with van der Waals surface area (Å²) in [6, 6.07) is 0. The van der Waals surface area contributed by atoms with Gasteiger partial charge in [-0.25, -0.2) is 0 Å². The molecular weight excluding hydrogens is 432 g/mol. The number of ether oxygens (including phenoxy) is 1. The van der Waals surface area contributed by atoms with Crippen molar-refractivity contribution in [3.05, 3.63) is 12.4 Å². The average molecular weight is 475 g/mol. The predicted molar refractivity (Wildman–Crippen MR) is 131 cm³/mol. The van der Waals surface area contributed by atoms with Crippen LogP contribution >= 0.6 is 11.8 Å². The van der Waals surface area contributed by atoms with Crippen molar-refractivity contribution in [3.8, 4) is 0 Å². The number of fused-ring (bicyclic) bond motifs is 5. The van der Waals surface area contributed by atoms with Gasteiger partial charge in [0.15, 0.2) is 5.78 Å². The molecule has 4 saturated carbocycles. The van der Waals surface area contributed by atoms with E-state index in [2.05, 4.69) is 12.0 Å². The van der Waals surface area contributed by atoms with E-state index in [-0.39, 0.29) is 16.7 Å². The quantitative estimate of drug-likeness (QED) is 0.573. The molecule has 0 aliphatic heterocycles. The van der Waals surface area contributed by atoms with Crippen LogP contribution in [0.25, 0.3) is 0 Å². The number of hydrogen-bond acceptors (Lipinski definition) is 5. The highest BCUT2D eigenvalue weighted by atomic mass is 32.2. The minimum atomic E-state index is -0.522. The molecule has 0 saturated heterocycles. The molecule has 0 amide bonds. The maximum Gasteiger partial charge on any atom is 0.157 e. The number of carbonyl (C=O) groups is 1. The first-order valence-corrected chi connectivity index (χ1v) is 14.3. The van der Waals surface area contributed by atoms with Crippen LogP contribution in [-0.4, -0.2) is 46.2 Å². The number of aliphatic hydroxyl groups is 1. The van der Waals surface area contributed by atoms with Crippen molar-refractivity contribution in [2.75, 3.05) is 20.0 Å². The number of methoxy groups -OCH3 is 1. The lowest BCUT2D eigenvalue weighted by Gasteiger charge is -2.62. The zero-order valence-corrected chi connectivity index (χ0v) is 21.7. The number of ketones is 1. The normalized spacial score (nSPS) is 44.7. The average Bonchev–Trinajstić information content (AvgIpc) is 3.37. The fraction of sp³-hybridized carbons (Fsp3) is 0.852. The predicted octanol–water partition coefficient (Wildman–Crippen LogP) is 5.21. The molecule has 1 aromatic heterocycles. The number of carbonyl (C=O) groups excluding carboxylic acids is 1. The van der Waals surface area contributed by atoms with Crippen LogP contribution in [0.4, 0.5) is 0 Å². The Hall–Kier alpha value is -0.850. The van der Waals surface area contributed by atoms with Gasteiger partial charge in [0.25, 0.3) is 0 Å². The molecule has 184 valence electrons. The van der Waals surface area contributed by atoms with Crippen LogP contribution in [0.15, 0.2) is 17.3 Å². The molecule has 1 N–H and O–H groups in total. The lowest BCUT2D eigenvalue weighted by atomic mass is 9.43. The number of thioether (sulfide) groups is 1. The third-order valence-corrected chi connectivity index (χ3v) is 11.3. The van der Waals surface area contributed by atoms with Gasteiger partial charge in [-0.15, -0.1) is 11.8 Å². The van der Waals surface area contributed by atoms with Gasteiger partial charge in [-0.05, 0) is 105 Å². The van der Waals surface area contributed by atoms with Crippen molar-refractivity contribution in [3.63, 3.8) is 0 Å². The summed E-state index contributed by atoms with van der Waals surface area (Å²) in [6.45, 7) is 5.70. The topological polar surface area (TPSA) is 64.3 Å².